The van der Waals surface area contributed by atoms with E-state index >= 15 is 0 Å². The zero-order valence-electron chi connectivity index (χ0n) is 11.5. The molecule has 3 atom stereocenters. The van der Waals surface area contributed by atoms with Crippen LogP contribution >= 0.6 is 11.8 Å². The Morgan fingerprint density at radius 2 is 2.16 bits per heavy atom. The van der Waals surface area contributed by atoms with Gasteiger partial charge in [0.2, 0.25) is 0 Å². The van der Waals surface area contributed by atoms with Crippen LogP contribution in [0.2, 0.25) is 0 Å². The quantitative estimate of drug-likeness (QED) is 0.812. The number of rotatable bonds is 5. The molecule has 1 aliphatic carbocycles. The molecule has 1 saturated carbocycles. The van der Waals surface area contributed by atoms with Crippen molar-refractivity contribution in [3.8, 4) is 0 Å². The van der Waals surface area contributed by atoms with E-state index in [2.05, 4.69) is 12.2 Å². The molecule has 3 unspecified atom stereocenters. The molecule has 2 fully saturated rings. The molecule has 1 heterocycles. The maximum atomic E-state index is 12.3. The summed E-state index contributed by atoms with van der Waals surface area (Å²) in [5.41, 5.74) is 0. The van der Waals surface area contributed by atoms with E-state index in [1.807, 2.05) is 6.92 Å². The third-order valence-electron chi connectivity index (χ3n) is 3.83. The van der Waals surface area contributed by atoms with E-state index in [-0.39, 0.29) is 17.4 Å². The van der Waals surface area contributed by atoms with Crippen LogP contribution in [0.25, 0.3) is 0 Å². The number of amides is 2. The lowest BCUT2D eigenvalue weighted by Crippen LogP contribution is -2.52. The van der Waals surface area contributed by atoms with Crippen molar-refractivity contribution in [3.05, 3.63) is 0 Å². The highest BCUT2D eigenvalue weighted by Crippen LogP contribution is 2.34. The molecular formula is C13H22N2O3S. The van der Waals surface area contributed by atoms with Crippen LogP contribution in [-0.2, 0) is 4.79 Å². The van der Waals surface area contributed by atoms with Crippen molar-refractivity contribution in [2.45, 2.75) is 57.0 Å². The number of urea groups is 1. The molecule has 0 bridgehead atoms. The fraction of sp³-hybridized carbons (Fsp3) is 0.846. The third-order valence-corrected chi connectivity index (χ3v) is 5.18. The minimum Gasteiger partial charge on any atom is -0.480 e. The zero-order chi connectivity index (χ0) is 14.0. The molecule has 1 saturated heterocycles. The number of carbonyl (C=O) groups excluding carboxylic acids is 1. The number of carboxylic acids is 1. The summed E-state index contributed by atoms with van der Waals surface area (Å²) in [4.78, 5) is 25.1. The molecule has 1 aliphatic heterocycles. The van der Waals surface area contributed by atoms with Crippen molar-refractivity contribution in [1.82, 2.24) is 10.2 Å². The minimum atomic E-state index is -0.902. The Morgan fingerprint density at radius 3 is 2.68 bits per heavy atom. The lowest BCUT2D eigenvalue weighted by molar-refractivity contribution is -0.141. The Morgan fingerprint density at radius 1 is 1.47 bits per heavy atom. The summed E-state index contributed by atoms with van der Waals surface area (Å²) in [6.45, 7) is 4.06. The van der Waals surface area contributed by atoms with Crippen LogP contribution in [0.5, 0.6) is 0 Å². The Balaban J connectivity index is 2.01. The molecule has 19 heavy (non-hydrogen) atoms. The smallest absolute Gasteiger partial charge is 0.327 e. The monoisotopic (exact) mass is 286 g/mol. The van der Waals surface area contributed by atoms with Gasteiger partial charge < -0.3 is 10.4 Å². The highest BCUT2D eigenvalue weighted by atomic mass is 32.2. The van der Waals surface area contributed by atoms with Crippen LogP contribution in [0.4, 0.5) is 4.79 Å². The fourth-order valence-corrected chi connectivity index (χ4v) is 3.99. The second-order valence-electron chi connectivity index (χ2n) is 5.41. The molecule has 2 rings (SSSR count). The molecule has 2 amide bonds. The predicted octanol–water partition coefficient (Wildman–Crippen LogP) is 2.12. The molecule has 2 N–H and O–H groups in total. The minimum absolute atomic E-state index is 0.00231. The van der Waals surface area contributed by atoms with E-state index in [1.54, 1.807) is 11.8 Å². The van der Waals surface area contributed by atoms with Crippen molar-refractivity contribution in [2.24, 2.45) is 5.92 Å². The summed E-state index contributed by atoms with van der Waals surface area (Å²) >= 11 is 1.58. The second kappa shape index (κ2) is 6.03. The maximum absolute atomic E-state index is 12.3. The number of hydrogen-bond acceptors (Lipinski definition) is 3. The number of nitrogens with zero attached hydrogens (tertiary/aromatic N) is 1. The van der Waals surface area contributed by atoms with Crippen molar-refractivity contribution in [3.63, 3.8) is 0 Å². The zero-order valence-corrected chi connectivity index (χ0v) is 12.3. The van der Waals surface area contributed by atoms with Gasteiger partial charge in [-0.15, -0.1) is 11.8 Å². The van der Waals surface area contributed by atoms with Gasteiger partial charge in [-0.05, 0) is 32.1 Å². The molecule has 2 aliphatic rings. The predicted molar refractivity (Wildman–Crippen MR) is 75.1 cm³/mol. The first-order valence-electron chi connectivity index (χ1n) is 6.97. The van der Waals surface area contributed by atoms with Gasteiger partial charge in [-0.25, -0.2) is 9.59 Å². The summed E-state index contributed by atoms with van der Waals surface area (Å²) in [5.74, 6) is 0.165. The van der Waals surface area contributed by atoms with Gasteiger partial charge in [0.15, 0.2) is 0 Å². The van der Waals surface area contributed by atoms with Crippen LogP contribution in [0.15, 0.2) is 0 Å². The average molecular weight is 286 g/mol. The first-order valence-corrected chi connectivity index (χ1v) is 8.02. The molecule has 0 aromatic carbocycles. The van der Waals surface area contributed by atoms with Gasteiger partial charge in [0.1, 0.15) is 6.04 Å². The molecule has 0 radical (unpaired) electrons. The fourth-order valence-electron chi connectivity index (χ4n) is 2.48. The van der Waals surface area contributed by atoms with Crippen LogP contribution < -0.4 is 5.32 Å². The molecule has 5 nitrogen and oxygen atoms in total. The second-order valence-corrected chi connectivity index (χ2v) is 6.62. The van der Waals surface area contributed by atoms with Gasteiger partial charge in [-0.3, -0.25) is 4.90 Å². The topological polar surface area (TPSA) is 69.6 Å². The van der Waals surface area contributed by atoms with Crippen LogP contribution in [-0.4, -0.2) is 45.2 Å². The number of aliphatic carboxylic acids is 1. The Kier molecular flexibility index (Phi) is 4.60. The lowest BCUT2D eigenvalue weighted by atomic mass is 10.2. The van der Waals surface area contributed by atoms with E-state index < -0.39 is 12.0 Å². The van der Waals surface area contributed by atoms with Gasteiger partial charge in [0, 0.05) is 11.8 Å². The first kappa shape index (κ1) is 14.5. The van der Waals surface area contributed by atoms with Gasteiger partial charge in [-0.1, -0.05) is 13.3 Å². The number of carboxylic acid groups (broad SMARTS) is 1. The molecular weight excluding hydrogens is 264 g/mol. The van der Waals surface area contributed by atoms with Crippen LogP contribution in [0.1, 0.15) is 39.5 Å². The van der Waals surface area contributed by atoms with Gasteiger partial charge in [-0.2, -0.15) is 0 Å². The van der Waals surface area contributed by atoms with Crippen molar-refractivity contribution in [2.75, 3.05) is 5.75 Å². The van der Waals surface area contributed by atoms with E-state index in [4.69, 9.17) is 0 Å². The van der Waals surface area contributed by atoms with Crippen molar-refractivity contribution in [1.29, 1.82) is 0 Å². The number of hydrogen-bond donors (Lipinski definition) is 2. The van der Waals surface area contributed by atoms with E-state index in [1.165, 1.54) is 4.90 Å². The summed E-state index contributed by atoms with van der Waals surface area (Å²) < 4.78 is 0. The SMILES string of the molecule is CCCC1SCC(C(=O)O)N1C(=O)NC(C)C1CC1. The number of thioether (sulfide) groups is 1. The molecule has 0 aromatic rings. The Hall–Kier alpha value is -0.910. The number of carbonyl (C=O) groups is 2. The van der Waals surface area contributed by atoms with E-state index in [9.17, 15) is 14.7 Å². The van der Waals surface area contributed by atoms with Gasteiger partial charge in [0.25, 0.3) is 0 Å². The molecule has 0 aromatic heterocycles. The van der Waals surface area contributed by atoms with Gasteiger partial charge in [0.05, 0.1) is 5.37 Å². The molecule has 108 valence electrons. The summed E-state index contributed by atoms with van der Waals surface area (Å²) in [6.07, 6.45) is 4.12. The van der Waals surface area contributed by atoms with Crippen molar-refractivity contribution < 1.29 is 14.7 Å². The van der Waals surface area contributed by atoms with E-state index in [0.29, 0.717) is 11.7 Å². The summed E-state index contributed by atoms with van der Waals surface area (Å²) in [5, 5.41) is 12.2. The highest BCUT2D eigenvalue weighted by molar-refractivity contribution is 8.00. The van der Waals surface area contributed by atoms with Crippen LogP contribution in [0.3, 0.4) is 0 Å². The largest absolute Gasteiger partial charge is 0.480 e. The third kappa shape index (κ3) is 3.35. The normalized spacial score (nSPS) is 28.2. The standard InChI is InChI=1S/C13H22N2O3S/c1-3-4-11-15(10(7-19-11)12(16)17)13(18)14-8(2)9-5-6-9/h8-11H,3-7H2,1-2H3,(H,14,18)(H,16,17). The molecule has 0 spiro atoms. The lowest BCUT2D eigenvalue weighted by Gasteiger charge is -2.29. The summed E-state index contributed by atoms with van der Waals surface area (Å²) in [6, 6.07) is -0.752. The average Bonchev–Trinajstić information content (AvgIpc) is 3.10. The van der Waals surface area contributed by atoms with Crippen LogP contribution in [0, 0.1) is 5.92 Å². The highest BCUT2D eigenvalue weighted by Gasteiger charge is 2.42. The Labute approximate surface area is 118 Å². The summed E-state index contributed by atoms with van der Waals surface area (Å²) in [7, 11) is 0. The van der Waals surface area contributed by atoms with E-state index in [0.717, 1.165) is 25.7 Å². The molecule has 6 heteroatoms. The first-order chi connectivity index (χ1) is 9.04. The Bertz CT molecular complexity index is 360. The van der Waals surface area contributed by atoms with Crippen molar-refractivity contribution >= 4 is 23.8 Å². The maximum Gasteiger partial charge on any atom is 0.327 e. The van der Waals surface area contributed by atoms with Gasteiger partial charge >= 0.3 is 12.0 Å². The number of nitrogens with one attached hydrogen (secondary N) is 1.